The highest BCUT2D eigenvalue weighted by Gasteiger charge is 2.34. The summed E-state index contributed by atoms with van der Waals surface area (Å²) in [6.45, 7) is 2.80. The normalized spacial score (nSPS) is 16.4. The zero-order chi connectivity index (χ0) is 27.2. The molecular formula is C31H31N3O4S. The molecule has 1 unspecified atom stereocenters. The van der Waals surface area contributed by atoms with Crippen LogP contribution in [0.4, 0.5) is 0 Å². The van der Waals surface area contributed by atoms with Crippen molar-refractivity contribution in [3.63, 3.8) is 0 Å². The van der Waals surface area contributed by atoms with Gasteiger partial charge in [-0.15, -0.1) is 0 Å². The SMILES string of the molecule is CCOc1ccc(CN(C(=O)/C=C/c2cn(-c3ccccc3)nc2-c2ccccc2)C2CCS(=O)(=O)C2)cc1. The smallest absolute Gasteiger partial charge is 0.247 e. The summed E-state index contributed by atoms with van der Waals surface area (Å²) in [4.78, 5) is 15.3. The maximum Gasteiger partial charge on any atom is 0.247 e. The standard InChI is InChI=1S/C31H31N3O4S/c1-2-38-29-16-13-24(14-17-29)21-33(28-19-20-39(36,37)23-28)30(35)18-15-26-22-34(27-11-7-4-8-12-27)32-31(26)25-9-5-3-6-10-25/h3-18,22,28H,2,19-21,23H2,1H3/b18-15+. The van der Waals surface area contributed by atoms with E-state index in [2.05, 4.69) is 0 Å². The lowest BCUT2D eigenvalue weighted by Crippen LogP contribution is -2.39. The molecule has 1 aliphatic heterocycles. The summed E-state index contributed by atoms with van der Waals surface area (Å²) in [7, 11) is -3.17. The number of rotatable bonds is 9. The minimum atomic E-state index is -3.17. The molecule has 4 aromatic rings. The molecule has 1 atom stereocenters. The molecule has 2 heterocycles. The third-order valence-corrected chi connectivity index (χ3v) is 8.49. The van der Waals surface area contributed by atoms with Crippen LogP contribution in [-0.4, -0.2) is 53.2 Å². The summed E-state index contributed by atoms with van der Waals surface area (Å²) in [5.41, 5.74) is 4.30. The topological polar surface area (TPSA) is 81.5 Å². The zero-order valence-corrected chi connectivity index (χ0v) is 22.6. The van der Waals surface area contributed by atoms with Crippen LogP contribution in [0.5, 0.6) is 5.75 Å². The molecule has 1 fully saturated rings. The van der Waals surface area contributed by atoms with E-state index in [1.807, 2.05) is 98.0 Å². The lowest BCUT2D eigenvalue weighted by atomic mass is 10.1. The van der Waals surface area contributed by atoms with Gasteiger partial charge in [-0.05, 0) is 49.2 Å². The first kappa shape index (κ1) is 26.4. The van der Waals surface area contributed by atoms with Gasteiger partial charge in [-0.25, -0.2) is 13.1 Å². The maximum absolute atomic E-state index is 13.6. The van der Waals surface area contributed by atoms with Gasteiger partial charge in [0, 0.05) is 36.0 Å². The molecule has 0 radical (unpaired) electrons. The first-order valence-electron chi connectivity index (χ1n) is 13.0. The Balaban J connectivity index is 1.45. The number of para-hydroxylation sites is 1. The number of hydrogen-bond acceptors (Lipinski definition) is 5. The number of aromatic nitrogens is 2. The van der Waals surface area contributed by atoms with Crippen LogP contribution in [0.3, 0.4) is 0 Å². The van der Waals surface area contributed by atoms with Gasteiger partial charge < -0.3 is 9.64 Å². The molecule has 200 valence electrons. The van der Waals surface area contributed by atoms with E-state index in [1.165, 1.54) is 6.08 Å². The third-order valence-electron chi connectivity index (χ3n) is 6.74. The molecule has 0 bridgehead atoms. The minimum Gasteiger partial charge on any atom is -0.494 e. The highest BCUT2D eigenvalue weighted by Crippen LogP contribution is 2.26. The molecule has 7 nitrogen and oxygen atoms in total. The molecule has 1 aliphatic rings. The molecule has 39 heavy (non-hydrogen) atoms. The largest absolute Gasteiger partial charge is 0.494 e. The highest BCUT2D eigenvalue weighted by molar-refractivity contribution is 7.91. The number of carbonyl (C=O) groups is 1. The van der Waals surface area contributed by atoms with E-state index in [9.17, 15) is 13.2 Å². The van der Waals surface area contributed by atoms with Crippen LogP contribution in [0.15, 0.2) is 97.2 Å². The predicted molar refractivity (Wildman–Crippen MR) is 153 cm³/mol. The van der Waals surface area contributed by atoms with Gasteiger partial charge in [0.1, 0.15) is 5.75 Å². The lowest BCUT2D eigenvalue weighted by molar-refractivity contribution is -0.128. The van der Waals surface area contributed by atoms with Gasteiger partial charge in [0.2, 0.25) is 5.91 Å². The first-order chi connectivity index (χ1) is 18.9. The Bertz CT molecular complexity index is 1550. The Morgan fingerprint density at radius 2 is 1.72 bits per heavy atom. The summed E-state index contributed by atoms with van der Waals surface area (Å²) >= 11 is 0. The third kappa shape index (κ3) is 6.46. The van der Waals surface area contributed by atoms with E-state index in [-0.39, 0.29) is 23.5 Å². The number of hydrogen-bond donors (Lipinski definition) is 0. The van der Waals surface area contributed by atoms with E-state index in [4.69, 9.17) is 9.84 Å². The molecular weight excluding hydrogens is 510 g/mol. The second-order valence-corrected chi connectivity index (χ2v) is 11.7. The Morgan fingerprint density at radius 1 is 1.03 bits per heavy atom. The predicted octanol–water partition coefficient (Wildman–Crippen LogP) is 5.17. The maximum atomic E-state index is 13.6. The molecule has 1 amide bonds. The van der Waals surface area contributed by atoms with E-state index in [0.29, 0.717) is 19.6 Å². The average molecular weight is 542 g/mol. The monoisotopic (exact) mass is 541 g/mol. The molecule has 0 aliphatic carbocycles. The quantitative estimate of drug-likeness (QED) is 0.273. The van der Waals surface area contributed by atoms with Crippen molar-refractivity contribution in [3.05, 3.63) is 108 Å². The Labute approximate surface area is 229 Å². The molecule has 0 saturated carbocycles. The number of amides is 1. The van der Waals surface area contributed by atoms with Gasteiger partial charge in [0.25, 0.3) is 0 Å². The fraction of sp³-hybridized carbons (Fsp3) is 0.226. The van der Waals surface area contributed by atoms with Crippen LogP contribution in [0, 0.1) is 0 Å². The summed E-state index contributed by atoms with van der Waals surface area (Å²) in [5, 5.41) is 4.81. The van der Waals surface area contributed by atoms with Gasteiger partial charge in [0.05, 0.1) is 29.5 Å². The number of carbonyl (C=O) groups excluding carboxylic acids is 1. The van der Waals surface area contributed by atoms with Crippen molar-refractivity contribution in [2.24, 2.45) is 0 Å². The van der Waals surface area contributed by atoms with Crippen molar-refractivity contribution in [1.29, 1.82) is 0 Å². The van der Waals surface area contributed by atoms with Gasteiger partial charge in [0.15, 0.2) is 9.84 Å². The Kier molecular flexibility index (Phi) is 7.93. The number of ether oxygens (including phenoxy) is 1. The van der Waals surface area contributed by atoms with Crippen LogP contribution >= 0.6 is 0 Å². The van der Waals surface area contributed by atoms with E-state index >= 15 is 0 Å². The highest BCUT2D eigenvalue weighted by atomic mass is 32.2. The van der Waals surface area contributed by atoms with Crippen LogP contribution in [0.1, 0.15) is 24.5 Å². The van der Waals surface area contributed by atoms with Crippen molar-refractivity contribution in [2.45, 2.75) is 25.9 Å². The number of sulfone groups is 1. The zero-order valence-electron chi connectivity index (χ0n) is 21.8. The van der Waals surface area contributed by atoms with Crippen LogP contribution < -0.4 is 4.74 Å². The van der Waals surface area contributed by atoms with Crippen molar-refractivity contribution in [3.8, 4) is 22.7 Å². The van der Waals surface area contributed by atoms with Crippen LogP contribution in [0.2, 0.25) is 0 Å². The second kappa shape index (κ2) is 11.7. The van der Waals surface area contributed by atoms with Crippen molar-refractivity contribution in [2.75, 3.05) is 18.1 Å². The fourth-order valence-corrected chi connectivity index (χ4v) is 6.49. The van der Waals surface area contributed by atoms with Gasteiger partial charge in [-0.1, -0.05) is 60.7 Å². The average Bonchev–Trinajstić information content (AvgIpc) is 3.55. The van der Waals surface area contributed by atoms with Crippen molar-refractivity contribution in [1.82, 2.24) is 14.7 Å². The van der Waals surface area contributed by atoms with E-state index in [1.54, 1.807) is 15.7 Å². The number of nitrogens with zero attached hydrogens (tertiary/aromatic N) is 3. The molecule has 0 spiro atoms. The van der Waals surface area contributed by atoms with E-state index < -0.39 is 9.84 Å². The van der Waals surface area contributed by atoms with Crippen LogP contribution in [-0.2, 0) is 21.2 Å². The van der Waals surface area contributed by atoms with E-state index in [0.717, 1.165) is 33.8 Å². The molecule has 1 aromatic heterocycles. The fourth-order valence-electron chi connectivity index (χ4n) is 4.76. The Hall–Kier alpha value is -4.17. The second-order valence-electron chi connectivity index (χ2n) is 9.51. The summed E-state index contributed by atoms with van der Waals surface area (Å²) in [6.07, 6.45) is 5.63. The van der Waals surface area contributed by atoms with Crippen molar-refractivity contribution >= 4 is 21.8 Å². The summed E-state index contributed by atoms with van der Waals surface area (Å²) in [5.74, 6) is 0.588. The lowest BCUT2D eigenvalue weighted by Gasteiger charge is -2.27. The Morgan fingerprint density at radius 3 is 2.36 bits per heavy atom. The molecule has 1 saturated heterocycles. The first-order valence-corrected chi connectivity index (χ1v) is 14.9. The minimum absolute atomic E-state index is 0.0230. The number of benzene rings is 3. The van der Waals surface area contributed by atoms with Gasteiger partial charge >= 0.3 is 0 Å². The molecule has 8 heteroatoms. The molecule has 3 aromatic carbocycles. The van der Waals surface area contributed by atoms with Gasteiger partial charge in [-0.2, -0.15) is 5.10 Å². The van der Waals surface area contributed by atoms with Crippen molar-refractivity contribution < 1.29 is 17.9 Å². The summed E-state index contributed by atoms with van der Waals surface area (Å²) < 4.78 is 31.9. The molecule has 0 N–H and O–H groups in total. The van der Waals surface area contributed by atoms with Gasteiger partial charge in [-0.3, -0.25) is 4.79 Å². The van der Waals surface area contributed by atoms with Crippen LogP contribution in [0.25, 0.3) is 23.0 Å². The molecule has 5 rings (SSSR count). The summed E-state index contributed by atoms with van der Waals surface area (Å²) in [6, 6.07) is 26.8.